The molecule has 1 saturated heterocycles. The highest BCUT2D eigenvalue weighted by atomic mass is 16.2. The van der Waals surface area contributed by atoms with Gasteiger partial charge in [-0.1, -0.05) is 50.1 Å². The monoisotopic (exact) mass is 438 g/mol. The first-order valence-corrected chi connectivity index (χ1v) is 11.3. The molecular formula is C23H30N6O3. The van der Waals surface area contributed by atoms with Gasteiger partial charge in [0.2, 0.25) is 5.91 Å². The number of amides is 1. The summed E-state index contributed by atoms with van der Waals surface area (Å²) < 4.78 is 3.42. The van der Waals surface area contributed by atoms with Crippen molar-refractivity contribution in [2.24, 2.45) is 5.73 Å². The highest BCUT2D eigenvalue weighted by molar-refractivity contribution is 5.80. The van der Waals surface area contributed by atoms with Crippen LogP contribution in [0.4, 0.5) is 0 Å². The summed E-state index contributed by atoms with van der Waals surface area (Å²) in [4.78, 5) is 46.8. The first-order valence-electron chi connectivity index (χ1n) is 11.3. The number of benzene rings is 1. The Kier molecular flexibility index (Phi) is 6.55. The average molecular weight is 439 g/mol. The Morgan fingerprint density at radius 1 is 1.16 bits per heavy atom. The van der Waals surface area contributed by atoms with E-state index in [4.69, 9.17) is 10.7 Å². The van der Waals surface area contributed by atoms with Gasteiger partial charge in [0.05, 0.1) is 19.1 Å². The summed E-state index contributed by atoms with van der Waals surface area (Å²) in [5.41, 5.74) is 6.45. The Hall–Kier alpha value is -3.20. The Bertz CT molecular complexity index is 1210. The molecular weight excluding hydrogens is 408 g/mol. The lowest BCUT2D eigenvalue weighted by molar-refractivity contribution is -0.124. The van der Waals surface area contributed by atoms with Crippen molar-refractivity contribution in [3.8, 4) is 0 Å². The minimum Gasteiger partial charge on any atom is -0.368 e. The quantitative estimate of drug-likeness (QED) is 0.553. The van der Waals surface area contributed by atoms with Gasteiger partial charge in [-0.15, -0.1) is 0 Å². The fourth-order valence-corrected chi connectivity index (χ4v) is 4.49. The largest absolute Gasteiger partial charge is 0.368 e. The van der Waals surface area contributed by atoms with E-state index in [9.17, 15) is 14.4 Å². The lowest BCUT2D eigenvalue weighted by atomic mass is 10.0. The number of imidazole rings is 1. The van der Waals surface area contributed by atoms with E-state index in [-0.39, 0.29) is 11.9 Å². The smallest absolute Gasteiger partial charge is 0.330 e. The molecule has 0 unspecified atom stereocenters. The number of nitrogens with one attached hydrogen (secondary N) is 1. The number of hydrogen-bond donors (Lipinski definition) is 2. The van der Waals surface area contributed by atoms with E-state index in [0.717, 1.165) is 44.2 Å². The van der Waals surface area contributed by atoms with E-state index < -0.39 is 11.2 Å². The maximum absolute atomic E-state index is 12.8. The number of nitrogens with zero attached hydrogens (tertiary/aromatic N) is 4. The number of H-pyrrole nitrogens is 1. The van der Waals surface area contributed by atoms with Gasteiger partial charge in [0.25, 0.3) is 5.56 Å². The summed E-state index contributed by atoms with van der Waals surface area (Å²) in [5.74, 6) is 0.347. The zero-order chi connectivity index (χ0) is 22.7. The van der Waals surface area contributed by atoms with Crippen molar-refractivity contribution in [1.29, 1.82) is 0 Å². The first kappa shape index (κ1) is 22.0. The summed E-state index contributed by atoms with van der Waals surface area (Å²) in [6.07, 6.45) is 4.50. The molecule has 1 amide bonds. The molecule has 2 aromatic heterocycles. The molecule has 3 N–H and O–H groups in total. The van der Waals surface area contributed by atoms with Crippen molar-refractivity contribution in [3.63, 3.8) is 0 Å². The Morgan fingerprint density at radius 3 is 2.66 bits per heavy atom. The van der Waals surface area contributed by atoms with Crippen molar-refractivity contribution < 1.29 is 4.79 Å². The molecule has 3 heterocycles. The summed E-state index contributed by atoms with van der Waals surface area (Å²) in [6.45, 7) is 4.17. The Labute approximate surface area is 185 Å². The van der Waals surface area contributed by atoms with Crippen molar-refractivity contribution >= 4 is 17.1 Å². The third kappa shape index (κ3) is 4.38. The molecule has 9 heteroatoms. The van der Waals surface area contributed by atoms with Crippen LogP contribution in [0.25, 0.3) is 11.2 Å². The number of aromatic amines is 1. The number of aryl methyl sites for hydroxylation is 1. The number of hydrogen-bond acceptors (Lipinski definition) is 5. The third-order valence-electron chi connectivity index (χ3n) is 6.17. The number of aromatic nitrogens is 4. The molecule has 1 aliphatic heterocycles. The number of carbonyl (C=O) groups excluding carboxylic acids is 1. The fourth-order valence-electron chi connectivity index (χ4n) is 4.49. The molecule has 0 radical (unpaired) electrons. The minimum atomic E-state index is -0.481. The van der Waals surface area contributed by atoms with Gasteiger partial charge in [0, 0.05) is 6.54 Å². The highest BCUT2D eigenvalue weighted by Crippen LogP contribution is 2.21. The van der Waals surface area contributed by atoms with Crippen LogP contribution in [0, 0.1) is 0 Å². The Balaban J connectivity index is 1.82. The molecule has 1 fully saturated rings. The highest BCUT2D eigenvalue weighted by Gasteiger charge is 2.29. The molecule has 0 spiro atoms. The predicted molar refractivity (Wildman–Crippen MR) is 122 cm³/mol. The van der Waals surface area contributed by atoms with E-state index in [1.54, 1.807) is 0 Å². The molecule has 1 atom stereocenters. The van der Waals surface area contributed by atoms with Crippen LogP contribution < -0.4 is 17.0 Å². The number of nitrogens with two attached hydrogens (primary N) is 1. The molecule has 170 valence electrons. The summed E-state index contributed by atoms with van der Waals surface area (Å²) >= 11 is 0. The van der Waals surface area contributed by atoms with Gasteiger partial charge in [-0.25, -0.2) is 9.78 Å². The van der Waals surface area contributed by atoms with Crippen LogP contribution in [0.15, 0.2) is 39.9 Å². The van der Waals surface area contributed by atoms with Crippen molar-refractivity contribution in [1.82, 2.24) is 24.0 Å². The van der Waals surface area contributed by atoms with Crippen molar-refractivity contribution in [2.45, 2.75) is 64.7 Å². The van der Waals surface area contributed by atoms with Gasteiger partial charge < -0.3 is 10.3 Å². The van der Waals surface area contributed by atoms with Gasteiger partial charge in [-0.2, -0.15) is 0 Å². The third-order valence-corrected chi connectivity index (χ3v) is 6.17. The molecule has 32 heavy (non-hydrogen) atoms. The SMILES string of the molecule is CCCCn1c(CN2CCCC[C@H]2C(N)=O)nc2c1c(=O)[nH]c(=O)n2Cc1ccccc1. The van der Waals surface area contributed by atoms with E-state index >= 15 is 0 Å². The molecule has 9 nitrogen and oxygen atoms in total. The van der Waals surface area contributed by atoms with Crippen LogP contribution in [0.2, 0.25) is 0 Å². The van der Waals surface area contributed by atoms with Crippen LogP contribution in [0.1, 0.15) is 50.4 Å². The lowest BCUT2D eigenvalue weighted by Gasteiger charge is -2.33. The number of unbranched alkanes of at least 4 members (excludes halogenated alkanes) is 1. The second-order valence-corrected chi connectivity index (χ2v) is 8.42. The number of carbonyl (C=O) groups is 1. The maximum atomic E-state index is 12.8. The Morgan fingerprint density at radius 2 is 1.94 bits per heavy atom. The van der Waals surface area contributed by atoms with Gasteiger partial charge in [0.1, 0.15) is 5.82 Å². The zero-order valence-corrected chi connectivity index (χ0v) is 18.4. The summed E-state index contributed by atoms with van der Waals surface area (Å²) in [5, 5.41) is 0. The van der Waals surface area contributed by atoms with E-state index in [2.05, 4.69) is 11.9 Å². The average Bonchev–Trinajstić information content (AvgIpc) is 3.14. The summed E-state index contributed by atoms with van der Waals surface area (Å²) in [7, 11) is 0. The van der Waals surface area contributed by atoms with Crippen LogP contribution in [0.5, 0.6) is 0 Å². The maximum Gasteiger partial charge on any atom is 0.330 e. The van der Waals surface area contributed by atoms with Gasteiger partial charge in [0.15, 0.2) is 11.2 Å². The second-order valence-electron chi connectivity index (χ2n) is 8.42. The van der Waals surface area contributed by atoms with Crippen molar-refractivity contribution in [2.75, 3.05) is 6.54 Å². The van der Waals surface area contributed by atoms with E-state index in [0.29, 0.717) is 36.6 Å². The van der Waals surface area contributed by atoms with Crippen LogP contribution >= 0.6 is 0 Å². The standard InChI is InChI=1S/C23H30N6O3/c1-2-3-13-28-18(15-27-12-8-7-11-17(27)20(24)30)25-21-19(28)22(31)26-23(32)29(21)14-16-9-5-4-6-10-16/h4-6,9-10,17H,2-3,7-8,11-15H2,1H3,(H2,24,30)(H,26,31,32)/t17-/m0/s1. The van der Waals surface area contributed by atoms with Crippen LogP contribution in [-0.2, 0) is 24.4 Å². The van der Waals surface area contributed by atoms with E-state index in [1.807, 2.05) is 39.8 Å². The fraction of sp³-hybridized carbons (Fsp3) is 0.478. The van der Waals surface area contributed by atoms with Crippen LogP contribution in [-0.4, -0.2) is 42.5 Å². The minimum absolute atomic E-state index is 0.310. The number of primary amides is 1. The molecule has 0 aliphatic carbocycles. The molecule has 4 rings (SSSR count). The van der Waals surface area contributed by atoms with Gasteiger partial charge in [-0.05, 0) is 31.4 Å². The number of likely N-dealkylation sites (tertiary alicyclic amines) is 1. The van der Waals surface area contributed by atoms with E-state index in [1.165, 1.54) is 4.57 Å². The number of fused-ring (bicyclic) bond motifs is 1. The molecule has 0 bridgehead atoms. The van der Waals surface area contributed by atoms with Crippen LogP contribution in [0.3, 0.4) is 0 Å². The molecule has 0 saturated carbocycles. The number of piperidine rings is 1. The number of rotatable bonds is 8. The van der Waals surface area contributed by atoms with Crippen molar-refractivity contribution in [3.05, 3.63) is 62.6 Å². The lowest BCUT2D eigenvalue weighted by Crippen LogP contribution is -2.47. The predicted octanol–water partition coefficient (Wildman–Crippen LogP) is 1.57. The zero-order valence-electron chi connectivity index (χ0n) is 18.4. The first-order chi connectivity index (χ1) is 15.5. The molecule has 1 aromatic carbocycles. The van der Waals surface area contributed by atoms with Gasteiger partial charge in [-0.3, -0.25) is 24.0 Å². The molecule has 1 aliphatic rings. The molecule has 3 aromatic rings. The summed E-state index contributed by atoms with van der Waals surface area (Å²) in [6, 6.07) is 9.27. The topological polar surface area (TPSA) is 119 Å². The second kappa shape index (κ2) is 9.52. The normalized spacial score (nSPS) is 17.1. The van der Waals surface area contributed by atoms with Gasteiger partial charge >= 0.3 is 5.69 Å².